The van der Waals surface area contributed by atoms with E-state index < -0.39 is 11.5 Å². The van der Waals surface area contributed by atoms with Gasteiger partial charge in [-0.2, -0.15) is 0 Å². The lowest BCUT2D eigenvalue weighted by Gasteiger charge is -2.38. The fourth-order valence-corrected chi connectivity index (χ4v) is 5.86. The zero-order valence-corrected chi connectivity index (χ0v) is 23.4. The average molecular weight is 559 g/mol. The molecule has 1 saturated heterocycles. The Hall–Kier alpha value is -3.32. The van der Waals surface area contributed by atoms with Gasteiger partial charge in [-0.25, -0.2) is 0 Å². The van der Waals surface area contributed by atoms with E-state index in [2.05, 4.69) is 46.5 Å². The quantitative estimate of drug-likeness (QED) is 0.356. The summed E-state index contributed by atoms with van der Waals surface area (Å²) in [6, 6.07) is 13.8. The van der Waals surface area contributed by atoms with Gasteiger partial charge in [0.25, 0.3) is 5.91 Å². The molecule has 0 unspecified atom stereocenters. The molecule has 0 radical (unpaired) electrons. The van der Waals surface area contributed by atoms with Crippen molar-refractivity contribution in [2.24, 2.45) is 5.18 Å². The van der Waals surface area contributed by atoms with Crippen molar-refractivity contribution >= 4 is 23.1 Å². The summed E-state index contributed by atoms with van der Waals surface area (Å²) in [6.45, 7) is 3.08. The molecule has 1 N–H and O–H groups in total. The Balaban J connectivity index is 1.32. The third kappa shape index (κ3) is 6.69. The number of carbonyl (C=O) groups is 1. The predicted octanol–water partition coefficient (Wildman–Crippen LogP) is 6.92. The zero-order chi connectivity index (χ0) is 28.0. The summed E-state index contributed by atoms with van der Waals surface area (Å²) in [5.74, 6) is 0.249. The molecule has 2 aromatic carbocycles. The van der Waals surface area contributed by atoms with Crippen molar-refractivity contribution in [1.82, 2.24) is 4.90 Å². The number of piperidine rings is 1. The molecular formula is C33H35ClN2O4. The summed E-state index contributed by atoms with van der Waals surface area (Å²) in [4.78, 5) is 24.2. The first-order valence-electron chi connectivity index (χ1n) is 14.0. The molecule has 0 aromatic heterocycles. The van der Waals surface area contributed by atoms with Crippen molar-refractivity contribution in [2.75, 3.05) is 26.2 Å². The van der Waals surface area contributed by atoms with Gasteiger partial charge in [-0.3, -0.25) is 4.79 Å². The molecule has 2 aromatic rings. The Bertz CT molecular complexity index is 1370. The Morgan fingerprint density at radius 2 is 1.95 bits per heavy atom. The maximum Gasteiger partial charge on any atom is 0.286 e. The number of benzene rings is 2. The van der Waals surface area contributed by atoms with Crippen molar-refractivity contribution < 1.29 is 14.6 Å². The van der Waals surface area contributed by atoms with Crippen LogP contribution in [0.3, 0.4) is 0 Å². The molecule has 6 nitrogen and oxygen atoms in total. The molecule has 208 valence electrons. The van der Waals surface area contributed by atoms with Crippen LogP contribution in [0.25, 0.3) is 5.57 Å². The number of amides is 1. The Morgan fingerprint density at radius 1 is 1.15 bits per heavy atom. The van der Waals surface area contributed by atoms with E-state index in [0.29, 0.717) is 37.3 Å². The molecule has 1 aliphatic carbocycles. The molecule has 7 heteroatoms. The number of ether oxygens (including phenoxy) is 1. The molecule has 0 saturated carbocycles. The van der Waals surface area contributed by atoms with Gasteiger partial charge in [-0.15, -0.1) is 4.91 Å². The monoisotopic (exact) mass is 558 g/mol. The summed E-state index contributed by atoms with van der Waals surface area (Å²) < 4.78 is 6.25. The number of nitrogens with zero attached hydrogens (tertiary/aromatic N) is 2. The summed E-state index contributed by atoms with van der Waals surface area (Å²) in [5.41, 5.74) is 5.80. The van der Waals surface area contributed by atoms with Crippen LogP contribution in [0, 0.1) is 4.91 Å². The third-order valence-electron chi connectivity index (χ3n) is 8.07. The van der Waals surface area contributed by atoms with E-state index >= 15 is 0 Å². The average Bonchev–Trinajstić information content (AvgIpc) is 3.28. The molecule has 2 heterocycles. The van der Waals surface area contributed by atoms with Crippen LogP contribution in [0.15, 0.2) is 89.2 Å². The molecule has 0 spiro atoms. The van der Waals surface area contributed by atoms with Crippen molar-refractivity contribution in [1.29, 1.82) is 0 Å². The van der Waals surface area contributed by atoms with Gasteiger partial charge in [0.15, 0.2) is 0 Å². The second-order valence-electron chi connectivity index (χ2n) is 10.7. The molecule has 40 heavy (non-hydrogen) atoms. The van der Waals surface area contributed by atoms with Crippen LogP contribution in [0.2, 0.25) is 5.02 Å². The topological polar surface area (TPSA) is 79.2 Å². The predicted molar refractivity (Wildman–Crippen MR) is 159 cm³/mol. The van der Waals surface area contributed by atoms with Crippen LogP contribution in [0.4, 0.5) is 0 Å². The molecule has 1 amide bonds. The van der Waals surface area contributed by atoms with Crippen molar-refractivity contribution in [2.45, 2.75) is 50.5 Å². The van der Waals surface area contributed by atoms with Gasteiger partial charge in [-0.1, -0.05) is 60.2 Å². The number of likely N-dealkylation sites (tertiary alicyclic amines) is 1. The number of aliphatic hydroxyl groups is 1. The van der Waals surface area contributed by atoms with E-state index in [0.717, 1.165) is 60.5 Å². The minimum absolute atomic E-state index is 0.158. The highest BCUT2D eigenvalue weighted by Gasteiger charge is 2.33. The van der Waals surface area contributed by atoms with Crippen LogP contribution >= 0.6 is 11.6 Å². The first-order valence-corrected chi connectivity index (χ1v) is 14.4. The van der Waals surface area contributed by atoms with Gasteiger partial charge in [0.2, 0.25) is 0 Å². The second-order valence-corrected chi connectivity index (χ2v) is 11.2. The lowest BCUT2D eigenvalue weighted by Crippen LogP contribution is -2.42. The molecule has 2 aliphatic heterocycles. The Kier molecular flexibility index (Phi) is 9.10. The summed E-state index contributed by atoms with van der Waals surface area (Å²) in [7, 11) is 0. The SMILES string of the molecule is O=NC(=O)CCCc1ccc2c(c1)/C(=C/CCN1CCC(O)(c3ccc(Cl)cc3)CC1)C1=CC=CCC=C1CO2. The van der Waals surface area contributed by atoms with Gasteiger partial charge < -0.3 is 14.7 Å². The first-order chi connectivity index (χ1) is 19.4. The molecular weight excluding hydrogens is 524 g/mol. The van der Waals surface area contributed by atoms with Crippen LogP contribution < -0.4 is 4.74 Å². The molecule has 0 atom stereocenters. The first kappa shape index (κ1) is 28.2. The molecule has 1 fully saturated rings. The summed E-state index contributed by atoms with van der Waals surface area (Å²) in [5, 5.41) is 14.4. The number of nitroso groups, excluding NO2 is 1. The Morgan fingerprint density at radius 3 is 2.73 bits per heavy atom. The molecule has 5 rings (SSSR count). The molecule has 3 aliphatic rings. The number of rotatable bonds is 8. The Labute approximate surface area is 240 Å². The van der Waals surface area contributed by atoms with Gasteiger partial charge in [-0.05, 0) is 90.6 Å². The maximum atomic E-state index is 11.3. The normalized spacial score (nSPS) is 19.4. The van der Waals surface area contributed by atoms with E-state index in [9.17, 15) is 14.8 Å². The van der Waals surface area contributed by atoms with E-state index in [1.54, 1.807) is 0 Å². The van der Waals surface area contributed by atoms with Gasteiger partial charge in [0.1, 0.15) is 12.4 Å². The third-order valence-corrected chi connectivity index (χ3v) is 8.32. The van der Waals surface area contributed by atoms with Crippen LogP contribution in [0.1, 0.15) is 55.2 Å². The smallest absolute Gasteiger partial charge is 0.286 e. The summed E-state index contributed by atoms with van der Waals surface area (Å²) in [6.07, 6.45) is 15.5. The highest BCUT2D eigenvalue weighted by molar-refractivity contribution is 6.30. The number of halogens is 1. The van der Waals surface area contributed by atoms with Gasteiger partial charge in [0.05, 0.1) is 5.60 Å². The lowest BCUT2D eigenvalue weighted by atomic mass is 9.84. The van der Waals surface area contributed by atoms with Crippen molar-refractivity contribution in [3.8, 4) is 5.75 Å². The van der Waals surface area contributed by atoms with E-state index in [4.69, 9.17) is 16.3 Å². The number of allylic oxidation sites excluding steroid dienone is 5. The van der Waals surface area contributed by atoms with Crippen molar-refractivity contribution in [3.05, 3.63) is 111 Å². The maximum absolute atomic E-state index is 11.3. The minimum atomic E-state index is -0.808. The summed E-state index contributed by atoms with van der Waals surface area (Å²) >= 11 is 6.04. The van der Waals surface area contributed by atoms with E-state index in [-0.39, 0.29) is 6.42 Å². The minimum Gasteiger partial charge on any atom is -0.488 e. The fourth-order valence-electron chi connectivity index (χ4n) is 5.74. The van der Waals surface area contributed by atoms with Crippen LogP contribution in [-0.2, 0) is 16.8 Å². The number of fused-ring (bicyclic) bond motifs is 2. The van der Waals surface area contributed by atoms with Crippen LogP contribution in [-0.4, -0.2) is 42.2 Å². The zero-order valence-electron chi connectivity index (χ0n) is 22.7. The van der Waals surface area contributed by atoms with Crippen molar-refractivity contribution in [3.63, 3.8) is 0 Å². The fraction of sp³-hybridized carbons (Fsp3) is 0.364. The van der Waals surface area contributed by atoms with Crippen LogP contribution in [0.5, 0.6) is 5.75 Å². The lowest BCUT2D eigenvalue weighted by molar-refractivity contribution is -0.118. The second kappa shape index (κ2) is 12.9. The highest BCUT2D eigenvalue weighted by Crippen LogP contribution is 2.40. The van der Waals surface area contributed by atoms with Gasteiger partial charge in [0, 0.05) is 41.8 Å². The van der Waals surface area contributed by atoms with E-state index in [1.807, 2.05) is 36.4 Å². The number of carbonyl (C=O) groups excluding carboxylic acids is 1. The standard InChI is InChI=1S/C33H35ClN2O4/c34-27-14-12-26(13-15-27)33(38)17-20-36(21-18-33)19-5-9-29-28-8-3-1-2-7-25(28)23-40-31-16-11-24(22-30(29)31)6-4-10-32(37)35-39/h1,3,7-9,11-16,22,38H,2,4-6,10,17-21,23H2/b29-9+. The number of hydrogen-bond acceptors (Lipinski definition) is 5. The molecule has 0 bridgehead atoms. The number of aryl methyl sites for hydroxylation is 1. The largest absolute Gasteiger partial charge is 0.488 e. The van der Waals surface area contributed by atoms with E-state index in [1.165, 1.54) is 11.1 Å². The highest BCUT2D eigenvalue weighted by atomic mass is 35.5. The van der Waals surface area contributed by atoms with Gasteiger partial charge >= 0.3 is 0 Å². The number of hydrogen-bond donors (Lipinski definition) is 1.